The number of hydrogen-bond donors (Lipinski definition) is 1. The minimum absolute atomic E-state index is 0.134. The summed E-state index contributed by atoms with van der Waals surface area (Å²) in [4.78, 5) is 12.1. The van der Waals surface area contributed by atoms with Gasteiger partial charge in [-0.25, -0.2) is 4.39 Å². The first-order valence-electron chi connectivity index (χ1n) is 7.43. The third-order valence-corrected chi connectivity index (χ3v) is 3.76. The third-order valence-electron chi connectivity index (χ3n) is 3.76. The minimum atomic E-state index is -0.456. The fourth-order valence-corrected chi connectivity index (χ4v) is 2.26. The van der Waals surface area contributed by atoms with Crippen LogP contribution in [-0.4, -0.2) is 26.1 Å². The molecule has 7 heteroatoms. The number of nitrogens with one attached hydrogen (secondary N) is 1. The molecule has 0 unspecified atom stereocenters. The standard InChI is InChI=1S/C17H16FN5O/c1-11-6-7-15(8-12(11)2)23-16(20-21-22-23)10-19-17(24)13-4-3-5-14(18)9-13/h3-9H,10H2,1-2H3,(H,19,24). The maximum atomic E-state index is 13.2. The number of rotatable bonds is 4. The zero-order chi connectivity index (χ0) is 17.1. The molecule has 3 rings (SSSR count). The van der Waals surface area contributed by atoms with Gasteiger partial charge in [0.2, 0.25) is 0 Å². The van der Waals surface area contributed by atoms with Crippen LogP contribution in [0.5, 0.6) is 0 Å². The van der Waals surface area contributed by atoms with Gasteiger partial charge in [0.1, 0.15) is 5.82 Å². The summed E-state index contributed by atoms with van der Waals surface area (Å²) < 4.78 is 14.7. The number of hydrogen-bond acceptors (Lipinski definition) is 4. The van der Waals surface area contributed by atoms with E-state index in [2.05, 4.69) is 20.8 Å². The summed E-state index contributed by atoms with van der Waals surface area (Å²) in [6.45, 7) is 4.17. The van der Waals surface area contributed by atoms with Gasteiger partial charge in [-0.1, -0.05) is 12.1 Å². The molecule has 0 aliphatic heterocycles. The zero-order valence-electron chi connectivity index (χ0n) is 13.3. The number of carbonyl (C=O) groups is 1. The minimum Gasteiger partial charge on any atom is -0.345 e. The topological polar surface area (TPSA) is 72.7 Å². The molecule has 0 fully saturated rings. The number of benzene rings is 2. The third kappa shape index (κ3) is 3.29. The number of nitrogens with zero attached hydrogens (tertiary/aromatic N) is 4. The average Bonchev–Trinajstić information content (AvgIpc) is 3.03. The summed E-state index contributed by atoms with van der Waals surface area (Å²) >= 11 is 0. The van der Waals surface area contributed by atoms with Crippen molar-refractivity contribution < 1.29 is 9.18 Å². The molecule has 1 heterocycles. The average molecular weight is 325 g/mol. The van der Waals surface area contributed by atoms with Gasteiger partial charge in [0, 0.05) is 5.56 Å². The van der Waals surface area contributed by atoms with Gasteiger partial charge in [0.15, 0.2) is 5.82 Å². The van der Waals surface area contributed by atoms with Crippen LogP contribution in [-0.2, 0) is 6.54 Å². The van der Waals surface area contributed by atoms with Crippen molar-refractivity contribution in [1.82, 2.24) is 25.5 Å². The van der Waals surface area contributed by atoms with Crippen molar-refractivity contribution in [3.63, 3.8) is 0 Å². The predicted molar refractivity (Wildman–Crippen MR) is 86.2 cm³/mol. The number of aryl methyl sites for hydroxylation is 2. The van der Waals surface area contributed by atoms with Crippen LogP contribution in [0.25, 0.3) is 5.69 Å². The Kier molecular flexibility index (Phi) is 4.33. The fourth-order valence-electron chi connectivity index (χ4n) is 2.26. The molecule has 6 nitrogen and oxygen atoms in total. The molecule has 0 saturated carbocycles. The Morgan fingerprint density at radius 3 is 2.75 bits per heavy atom. The summed E-state index contributed by atoms with van der Waals surface area (Å²) in [5.41, 5.74) is 3.36. The van der Waals surface area contributed by atoms with Gasteiger partial charge < -0.3 is 5.32 Å². The number of amides is 1. The highest BCUT2D eigenvalue weighted by atomic mass is 19.1. The van der Waals surface area contributed by atoms with E-state index in [4.69, 9.17) is 0 Å². The smallest absolute Gasteiger partial charge is 0.251 e. The molecule has 1 N–H and O–H groups in total. The first-order valence-corrected chi connectivity index (χ1v) is 7.43. The second-order valence-electron chi connectivity index (χ2n) is 5.47. The van der Waals surface area contributed by atoms with Crippen molar-refractivity contribution in [2.75, 3.05) is 0 Å². The molecule has 0 spiro atoms. The number of tetrazole rings is 1. The number of aromatic nitrogens is 4. The Labute approximate surface area is 138 Å². The molecule has 1 amide bonds. The molecular weight excluding hydrogens is 309 g/mol. The maximum Gasteiger partial charge on any atom is 0.251 e. The summed E-state index contributed by atoms with van der Waals surface area (Å²) in [6.07, 6.45) is 0. The monoisotopic (exact) mass is 325 g/mol. The van der Waals surface area contributed by atoms with Crippen LogP contribution in [0.15, 0.2) is 42.5 Å². The van der Waals surface area contributed by atoms with Gasteiger partial charge in [0.25, 0.3) is 5.91 Å². The van der Waals surface area contributed by atoms with E-state index >= 15 is 0 Å². The van der Waals surface area contributed by atoms with Crippen LogP contribution in [0.4, 0.5) is 4.39 Å². The molecule has 2 aromatic carbocycles. The van der Waals surface area contributed by atoms with Gasteiger partial charge in [-0.15, -0.1) is 5.10 Å². The summed E-state index contributed by atoms with van der Waals surface area (Å²) in [5, 5.41) is 14.3. The summed E-state index contributed by atoms with van der Waals surface area (Å²) in [5.74, 6) is -0.352. The molecule has 0 saturated heterocycles. The van der Waals surface area contributed by atoms with Crippen molar-refractivity contribution in [2.45, 2.75) is 20.4 Å². The van der Waals surface area contributed by atoms with E-state index < -0.39 is 5.82 Å². The molecule has 1 aromatic heterocycles. The highest BCUT2D eigenvalue weighted by Gasteiger charge is 2.12. The Balaban J connectivity index is 1.76. The van der Waals surface area contributed by atoms with Gasteiger partial charge in [0.05, 0.1) is 12.2 Å². The number of carbonyl (C=O) groups excluding carboxylic acids is 1. The summed E-state index contributed by atoms with van der Waals surface area (Å²) in [7, 11) is 0. The molecule has 3 aromatic rings. The van der Waals surface area contributed by atoms with E-state index in [1.807, 2.05) is 32.0 Å². The van der Waals surface area contributed by atoms with Crippen LogP contribution < -0.4 is 5.32 Å². The first-order chi connectivity index (χ1) is 11.5. The molecule has 0 aliphatic rings. The van der Waals surface area contributed by atoms with E-state index in [1.54, 1.807) is 10.7 Å². The molecule has 0 aliphatic carbocycles. The highest BCUT2D eigenvalue weighted by molar-refractivity contribution is 5.94. The van der Waals surface area contributed by atoms with Crippen LogP contribution in [0.3, 0.4) is 0 Å². The van der Waals surface area contributed by atoms with E-state index in [0.29, 0.717) is 5.82 Å². The predicted octanol–water partition coefficient (Wildman–Crippen LogP) is 2.35. The van der Waals surface area contributed by atoms with Crippen LogP contribution in [0.2, 0.25) is 0 Å². The van der Waals surface area contributed by atoms with E-state index in [9.17, 15) is 9.18 Å². The maximum absolute atomic E-state index is 13.2. The largest absolute Gasteiger partial charge is 0.345 e. The molecular formula is C17H16FN5O. The molecule has 0 radical (unpaired) electrons. The van der Waals surface area contributed by atoms with Gasteiger partial charge >= 0.3 is 0 Å². The first kappa shape index (κ1) is 15.8. The van der Waals surface area contributed by atoms with Crippen molar-refractivity contribution in [2.24, 2.45) is 0 Å². The molecule has 122 valence electrons. The Morgan fingerprint density at radius 1 is 1.17 bits per heavy atom. The van der Waals surface area contributed by atoms with Gasteiger partial charge in [-0.05, 0) is 65.7 Å². The Bertz CT molecular complexity index is 890. The van der Waals surface area contributed by atoms with E-state index in [0.717, 1.165) is 11.3 Å². The van der Waals surface area contributed by atoms with Crippen molar-refractivity contribution in [3.8, 4) is 5.69 Å². The Morgan fingerprint density at radius 2 is 2.00 bits per heavy atom. The quantitative estimate of drug-likeness (QED) is 0.799. The molecule has 0 bridgehead atoms. The van der Waals surface area contributed by atoms with Crippen molar-refractivity contribution >= 4 is 5.91 Å². The summed E-state index contributed by atoms with van der Waals surface area (Å²) in [6, 6.07) is 11.4. The normalized spacial score (nSPS) is 10.6. The lowest BCUT2D eigenvalue weighted by Crippen LogP contribution is -2.24. The molecule has 0 atom stereocenters. The van der Waals surface area contributed by atoms with Crippen LogP contribution in [0.1, 0.15) is 27.3 Å². The zero-order valence-corrected chi connectivity index (χ0v) is 13.3. The van der Waals surface area contributed by atoms with E-state index in [1.165, 1.54) is 23.8 Å². The van der Waals surface area contributed by atoms with Crippen molar-refractivity contribution in [1.29, 1.82) is 0 Å². The van der Waals surface area contributed by atoms with Crippen LogP contribution >= 0.6 is 0 Å². The lowest BCUT2D eigenvalue weighted by atomic mass is 10.1. The fraction of sp³-hybridized carbons (Fsp3) is 0.176. The van der Waals surface area contributed by atoms with Crippen molar-refractivity contribution in [3.05, 3.63) is 70.8 Å². The second-order valence-corrected chi connectivity index (χ2v) is 5.47. The van der Waals surface area contributed by atoms with Crippen LogP contribution in [0, 0.1) is 19.7 Å². The lowest BCUT2D eigenvalue weighted by molar-refractivity contribution is 0.0949. The van der Waals surface area contributed by atoms with E-state index in [-0.39, 0.29) is 18.0 Å². The van der Waals surface area contributed by atoms with Gasteiger partial charge in [-0.2, -0.15) is 4.68 Å². The van der Waals surface area contributed by atoms with Gasteiger partial charge in [-0.3, -0.25) is 4.79 Å². The number of halogens is 1. The SMILES string of the molecule is Cc1ccc(-n2nnnc2CNC(=O)c2cccc(F)c2)cc1C. The Hall–Kier alpha value is -3.09. The highest BCUT2D eigenvalue weighted by Crippen LogP contribution is 2.14. The lowest BCUT2D eigenvalue weighted by Gasteiger charge is -2.08. The molecule has 24 heavy (non-hydrogen) atoms. The second kappa shape index (κ2) is 6.57.